The third-order valence-electron chi connectivity index (χ3n) is 5.13. The van der Waals surface area contributed by atoms with Crippen LogP contribution in [0.15, 0.2) is 35.2 Å². The number of aliphatic hydroxyl groups excluding tert-OH is 1. The molecule has 1 aromatic heterocycles. The number of nitrogens with zero attached hydrogens (tertiary/aromatic N) is 1. The first-order valence-corrected chi connectivity index (χ1v) is 10.2. The van der Waals surface area contributed by atoms with Gasteiger partial charge in [-0.15, -0.1) is 11.3 Å². The number of aryl methyl sites for hydroxylation is 2. The number of rotatable bonds is 7. The molecule has 1 saturated heterocycles. The predicted molar refractivity (Wildman–Crippen MR) is 112 cm³/mol. The number of hydrogen-bond acceptors (Lipinski definition) is 6. The number of likely N-dealkylation sites (tertiary alicyclic amines) is 1. The van der Waals surface area contributed by atoms with Crippen molar-refractivity contribution in [3.63, 3.8) is 0 Å². The molecule has 1 aliphatic heterocycles. The summed E-state index contributed by atoms with van der Waals surface area (Å²) in [6.07, 6.45) is 0.603. The molecule has 1 aromatic carbocycles. The van der Waals surface area contributed by atoms with E-state index in [1.165, 1.54) is 11.3 Å². The van der Waals surface area contributed by atoms with Crippen LogP contribution in [0.2, 0.25) is 0 Å². The van der Waals surface area contributed by atoms with Gasteiger partial charge >= 0.3 is 0 Å². The summed E-state index contributed by atoms with van der Waals surface area (Å²) in [6.45, 7) is 4.63. The monoisotopic (exact) mass is 415 g/mol. The van der Waals surface area contributed by atoms with Gasteiger partial charge in [-0.25, -0.2) is 0 Å². The predicted octanol–water partition coefficient (Wildman–Crippen LogP) is 3.83. The van der Waals surface area contributed by atoms with E-state index >= 15 is 0 Å². The van der Waals surface area contributed by atoms with Gasteiger partial charge < -0.3 is 19.5 Å². The Kier molecular flexibility index (Phi) is 6.39. The molecule has 1 N–H and O–H groups in total. The molecule has 2 aromatic rings. The molecule has 0 bridgehead atoms. The number of Topliss-reactive ketones (excluding diaryl/α,β-unsaturated/α-hetero) is 1. The minimum absolute atomic E-state index is 0.131. The van der Waals surface area contributed by atoms with Crippen LogP contribution in [0, 0.1) is 13.8 Å². The molecule has 1 aliphatic rings. The number of amides is 1. The van der Waals surface area contributed by atoms with Gasteiger partial charge in [0, 0.05) is 30.7 Å². The van der Waals surface area contributed by atoms with E-state index < -0.39 is 17.7 Å². The maximum atomic E-state index is 13.0. The van der Waals surface area contributed by atoms with E-state index in [4.69, 9.17) is 9.47 Å². The Hall–Kier alpha value is -2.64. The van der Waals surface area contributed by atoms with E-state index in [0.717, 1.165) is 16.0 Å². The zero-order valence-electron chi connectivity index (χ0n) is 17.0. The third kappa shape index (κ3) is 3.93. The maximum Gasteiger partial charge on any atom is 0.295 e. The van der Waals surface area contributed by atoms with Crippen molar-refractivity contribution in [1.29, 1.82) is 0 Å². The molecule has 0 spiro atoms. The first-order chi connectivity index (χ1) is 13.9. The van der Waals surface area contributed by atoms with Gasteiger partial charge in [-0.2, -0.15) is 0 Å². The largest absolute Gasteiger partial charge is 0.507 e. The minimum Gasteiger partial charge on any atom is -0.507 e. The molecule has 0 radical (unpaired) electrons. The molecule has 1 amide bonds. The highest BCUT2D eigenvalue weighted by molar-refractivity contribution is 7.10. The Labute approximate surface area is 174 Å². The number of carbonyl (C=O) groups excluding carboxylic acids is 2. The second-order valence-corrected chi connectivity index (χ2v) is 7.94. The third-order valence-corrected chi connectivity index (χ3v) is 6.20. The molecule has 1 unspecified atom stereocenters. The highest BCUT2D eigenvalue weighted by Gasteiger charge is 2.46. The van der Waals surface area contributed by atoms with Crippen LogP contribution in [0.3, 0.4) is 0 Å². The fourth-order valence-corrected chi connectivity index (χ4v) is 4.65. The number of aliphatic hydroxyl groups is 1. The summed E-state index contributed by atoms with van der Waals surface area (Å²) in [5.41, 5.74) is 2.39. The fourth-order valence-electron chi connectivity index (χ4n) is 3.60. The van der Waals surface area contributed by atoms with Crippen LogP contribution in [0.25, 0.3) is 5.76 Å². The summed E-state index contributed by atoms with van der Waals surface area (Å²) in [5.74, 6) is -0.750. The molecule has 0 saturated carbocycles. The van der Waals surface area contributed by atoms with Gasteiger partial charge in [0.1, 0.15) is 11.5 Å². The lowest BCUT2D eigenvalue weighted by atomic mass is 9.96. The van der Waals surface area contributed by atoms with E-state index in [1.807, 2.05) is 25.3 Å². The second-order valence-electron chi connectivity index (χ2n) is 6.99. The summed E-state index contributed by atoms with van der Waals surface area (Å²) in [6, 6.07) is 6.57. The van der Waals surface area contributed by atoms with Crippen LogP contribution in [0.1, 0.15) is 34.0 Å². The average Bonchev–Trinajstić information content (AvgIpc) is 3.23. The number of carbonyl (C=O) groups is 2. The zero-order valence-corrected chi connectivity index (χ0v) is 17.8. The Balaban J connectivity index is 2.14. The van der Waals surface area contributed by atoms with Gasteiger partial charge in [0.25, 0.3) is 11.7 Å². The number of methoxy groups -OCH3 is 2. The smallest absolute Gasteiger partial charge is 0.295 e. The van der Waals surface area contributed by atoms with Crippen molar-refractivity contribution in [1.82, 2.24) is 4.90 Å². The number of thiophene rings is 1. The molecule has 1 atom stereocenters. The van der Waals surface area contributed by atoms with Crippen LogP contribution in [-0.4, -0.2) is 49.1 Å². The number of hydrogen-bond donors (Lipinski definition) is 1. The molecule has 6 nitrogen and oxygen atoms in total. The van der Waals surface area contributed by atoms with Gasteiger partial charge in [0.05, 0.1) is 18.7 Å². The molecule has 29 heavy (non-hydrogen) atoms. The molecule has 2 heterocycles. The highest BCUT2D eigenvalue weighted by Crippen LogP contribution is 2.43. The van der Waals surface area contributed by atoms with Gasteiger partial charge in [-0.1, -0.05) is 0 Å². The molecule has 7 heteroatoms. The van der Waals surface area contributed by atoms with E-state index in [0.29, 0.717) is 30.9 Å². The maximum absolute atomic E-state index is 13.0. The van der Waals surface area contributed by atoms with Crippen LogP contribution in [-0.2, 0) is 14.3 Å². The topological polar surface area (TPSA) is 76.1 Å². The second kappa shape index (κ2) is 8.80. The van der Waals surface area contributed by atoms with Crippen molar-refractivity contribution in [3.8, 4) is 5.75 Å². The molecular weight excluding hydrogens is 390 g/mol. The van der Waals surface area contributed by atoms with Crippen molar-refractivity contribution in [2.24, 2.45) is 0 Å². The zero-order chi connectivity index (χ0) is 21.1. The number of benzene rings is 1. The Morgan fingerprint density at radius 2 is 1.93 bits per heavy atom. The Morgan fingerprint density at radius 3 is 2.52 bits per heavy atom. The van der Waals surface area contributed by atoms with Gasteiger partial charge in [-0.05, 0) is 61.0 Å². The Morgan fingerprint density at radius 1 is 1.17 bits per heavy atom. The molecular formula is C22H25NO5S. The summed E-state index contributed by atoms with van der Waals surface area (Å²) in [7, 11) is 3.17. The van der Waals surface area contributed by atoms with Crippen molar-refractivity contribution < 1.29 is 24.2 Å². The lowest BCUT2D eigenvalue weighted by Gasteiger charge is -2.25. The van der Waals surface area contributed by atoms with Crippen molar-refractivity contribution in [3.05, 3.63) is 56.8 Å². The van der Waals surface area contributed by atoms with Crippen molar-refractivity contribution >= 4 is 28.8 Å². The standard InChI is InChI=1S/C22H25NO5S/c1-13-8-11-29-21(13)18-17(20(25)22(26)23(18)9-5-10-27-3)19(24)16-7-6-15(28-4)12-14(16)2/h6-8,11-12,18,24H,5,9-10H2,1-4H3/b19-17+. The minimum atomic E-state index is -0.659. The van der Waals surface area contributed by atoms with Crippen molar-refractivity contribution in [2.75, 3.05) is 27.4 Å². The molecule has 154 valence electrons. The molecule has 3 rings (SSSR count). The van der Waals surface area contributed by atoms with Gasteiger partial charge in [-0.3, -0.25) is 9.59 Å². The first-order valence-electron chi connectivity index (χ1n) is 9.37. The van der Waals surface area contributed by atoms with Crippen LogP contribution < -0.4 is 4.74 Å². The summed E-state index contributed by atoms with van der Waals surface area (Å²) in [4.78, 5) is 28.2. The summed E-state index contributed by atoms with van der Waals surface area (Å²) < 4.78 is 10.3. The number of ketones is 1. The fraction of sp³-hybridized carbons (Fsp3) is 0.364. The van der Waals surface area contributed by atoms with Gasteiger partial charge in [0.15, 0.2) is 0 Å². The summed E-state index contributed by atoms with van der Waals surface area (Å²) >= 11 is 1.48. The number of ether oxygens (including phenoxy) is 2. The van der Waals surface area contributed by atoms with Gasteiger partial charge in [0.2, 0.25) is 0 Å². The van der Waals surface area contributed by atoms with Crippen LogP contribution in [0.5, 0.6) is 5.75 Å². The normalized spacial score (nSPS) is 18.5. The van der Waals surface area contributed by atoms with E-state index in [9.17, 15) is 14.7 Å². The molecule has 1 fully saturated rings. The summed E-state index contributed by atoms with van der Waals surface area (Å²) in [5, 5.41) is 13.1. The quantitative estimate of drug-likeness (QED) is 0.322. The lowest BCUT2D eigenvalue weighted by Crippen LogP contribution is -2.31. The van der Waals surface area contributed by atoms with E-state index in [2.05, 4.69) is 0 Å². The SMILES string of the molecule is COCCCN1C(=O)C(=O)/C(=C(/O)c2ccc(OC)cc2C)C1c1sccc1C. The lowest BCUT2D eigenvalue weighted by molar-refractivity contribution is -0.140. The van der Waals surface area contributed by atoms with Crippen LogP contribution in [0.4, 0.5) is 0 Å². The Bertz CT molecular complexity index is 962. The van der Waals surface area contributed by atoms with Crippen LogP contribution >= 0.6 is 11.3 Å². The van der Waals surface area contributed by atoms with E-state index in [1.54, 1.807) is 37.3 Å². The van der Waals surface area contributed by atoms with E-state index in [-0.39, 0.29) is 11.3 Å². The first kappa shape index (κ1) is 21.1. The van der Waals surface area contributed by atoms with Crippen molar-refractivity contribution in [2.45, 2.75) is 26.3 Å². The average molecular weight is 416 g/mol. The molecule has 0 aliphatic carbocycles. The highest BCUT2D eigenvalue weighted by atomic mass is 32.1.